The van der Waals surface area contributed by atoms with Gasteiger partial charge in [0, 0.05) is 13.8 Å². The molecule has 0 aliphatic carbocycles. The largest absolute Gasteiger partial charge is 0.265 e. The summed E-state index contributed by atoms with van der Waals surface area (Å²) >= 11 is 0. The Morgan fingerprint density at radius 2 is 1.67 bits per heavy atom. The van der Waals surface area contributed by atoms with Gasteiger partial charge in [-0.25, -0.2) is 9.13 Å². The van der Waals surface area contributed by atoms with E-state index in [0.29, 0.717) is 0 Å². The molecule has 0 saturated carbocycles. The third kappa shape index (κ3) is 4.51. The van der Waals surface area contributed by atoms with Crippen LogP contribution in [0.2, 0.25) is 0 Å². The van der Waals surface area contributed by atoms with E-state index >= 15 is 0 Å². The molecule has 0 N–H and O–H groups in total. The third-order valence-electron chi connectivity index (χ3n) is 3.41. The second kappa shape index (κ2) is 7.90. The van der Waals surface area contributed by atoms with Gasteiger partial charge in [0.1, 0.15) is 25.5 Å². The molecule has 0 aromatic carbocycles. The lowest BCUT2D eigenvalue weighted by Crippen LogP contribution is -2.29. The number of imidazole rings is 1. The van der Waals surface area contributed by atoms with Crippen LogP contribution in [0.1, 0.15) is 27.6 Å². The van der Waals surface area contributed by atoms with Crippen LogP contribution in [0.5, 0.6) is 0 Å². The molecule has 2 heterocycles. The van der Waals surface area contributed by atoms with Gasteiger partial charge < -0.3 is 0 Å². The van der Waals surface area contributed by atoms with Crippen molar-refractivity contribution in [3.8, 4) is 0 Å². The molecule has 0 radical (unpaired) electrons. The molecule has 0 atom stereocenters. The zero-order valence-electron chi connectivity index (χ0n) is 11.4. The molecule has 106 valence electrons. The maximum Gasteiger partial charge on any atom is 0.252 e. The topological polar surface area (TPSA) is 15.1 Å². The monoisotopic (exact) mass is 256 g/mol. The minimum absolute atomic E-state index is 0. The number of nitrogens with zero attached hydrogens (tertiary/aromatic N) is 4. The molecule has 18 heavy (non-hydrogen) atoms. The molecule has 4 nitrogen and oxygen atoms in total. The van der Waals surface area contributed by atoms with Gasteiger partial charge in [-0.1, -0.05) is 14.9 Å². The molecule has 0 bridgehead atoms. The molecule has 1 aromatic heterocycles. The first kappa shape index (κ1) is 19.0. The fraction of sp³-hybridized carbons (Fsp3) is 0.714. The molecule has 2 rings (SSSR count). The quantitative estimate of drug-likeness (QED) is 0.641. The highest BCUT2D eigenvalue weighted by Gasteiger charge is 2.18. The summed E-state index contributed by atoms with van der Waals surface area (Å²) in [7, 11) is 8.32. The summed E-state index contributed by atoms with van der Waals surface area (Å²) in [6.07, 6.45) is 4.07. The van der Waals surface area contributed by atoms with Gasteiger partial charge >= 0.3 is 0 Å². The number of aryl methyl sites for hydroxylation is 2. The van der Waals surface area contributed by atoms with Crippen LogP contribution >= 0.6 is 0 Å². The summed E-state index contributed by atoms with van der Waals surface area (Å²) in [5, 5.41) is 0. The first-order valence-corrected chi connectivity index (χ1v) is 5.67. The molecule has 4 heteroatoms. The normalized spacial score (nSPS) is 13.6. The Morgan fingerprint density at radius 3 is 1.78 bits per heavy atom. The van der Waals surface area contributed by atoms with Crippen LogP contribution < -0.4 is 4.57 Å². The molecule has 1 aliphatic heterocycles. The average Bonchev–Trinajstić information content (AvgIpc) is 2.70. The highest BCUT2D eigenvalue weighted by molar-refractivity contribution is 5.75. The highest BCUT2D eigenvalue weighted by atomic mass is 15.3. The van der Waals surface area contributed by atoms with Gasteiger partial charge in [-0.15, -0.1) is 0 Å². The molecular weight excluding hydrogens is 224 g/mol. The second-order valence-corrected chi connectivity index (χ2v) is 4.46. The number of hydrogen-bond donors (Lipinski definition) is 0. The van der Waals surface area contributed by atoms with E-state index in [2.05, 4.69) is 46.6 Å². The Bertz CT molecular complexity index is 371. The number of hydrogen-bond acceptors (Lipinski definition) is 1. The van der Waals surface area contributed by atoms with Crippen LogP contribution in [-0.2, 0) is 14.1 Å². The van der Waals surface area contributed by atoms with Crippen LogP contribution in [0.4, 0.5) is 0 Å². The van der Waals surface area contributed by atoms with Crippen LogP contribution in [0.15, 0.2) is 12.4 Å². The molecule has 0 saturated heterocycles. The lowest BCUT2D eigenvalue weighted by Gasteiger charge is -1.98. The van der Waals surface area contributed by atoms with Gasteiger partial charge in [0.25, 0.3) is 5.82 Å². The van der Waals surface area contributed by atoms with E-state index in [0.717, 1.165) is 0 Å². The predicted octanol–water partition coefficient (Wildman–Crippen LogP) is 1.42. The minimum atomic E-state index is 0. The van der Waals surface area contributed by atoms with E-state index in [1.807, 2.05) is 26.5 Å². The molecule has 0 spiro atoms. The average molecular weight is 256 g/mol. The molecule has 0 unspecified atom stereocenters. The number of aromatic nitrogens is 2. The van der Waals surface area contributed by atoms with E-state index in [1.54, 1.807) is 0 Å². The summed E-state index contributed by atoms with van der Waals surface area (Å²) in [5.41, 5.74) is 0. The Kier molecular flexibility index (Phi) is 8.35. The predicted molar refractivity (Wildman–Crippen MR) is 79.2 cm³/mol. The lowest BCUT2D eigenvalue weighted by molar-refractivity contribution is -0.677. The Balaban J connectivity index is 0. The molecule has 1 aliphatic rings. The summed E-state index contributed by atoms with van der Waals surface area (Å²) < 4.78 is 6.43. The Morgan fingerprint density at radius 1 is 1.11 bits per heavy atom. The maximum atomic E-state index is 2.26. The fourth-order valence-corrected chi connectivity index (χ4v) is 1.58. The van der Waals surface area contributed by atoms with Gasteiger partial charge in [-0.2, -0.15) is 0 Å². The van der Waals surface area contributed by atoms with Crippen molar-refractivity contribution in [1.29, 1.82) is 0 Å². The van der Waals surface area contributed by atoms with Gasteiger partial charge in [0.2, 0.25) is 5.84 Å². The first-order chi connectivity index (χ1) is 7.43. The number of amidine groups is 1. The van der Waals surface area contributed by atoms with Crippen LogP contribution in [0.3, 0.4) is 0 Å². The van der Waals surface area contributed by atoms with Gasteiger partial charge in [-0.3, -0.25) is 9.48 Å². The van der Waals surface area contributed by atoms with Crippen LogP contribution in [0, 0.1) is 6.92 Å². The molecule has 0 fully saturated rings. The summed E-state index contributed by atoms with van der Waals surface area (Å²) in [6.45, 7) is 6.59. The van der Waals surface area contributed by atoms with E-state index in [9.17, 15) is 0 Å². The van der Waals surface area contributed by atoms with Crippen molar-refractivity contribution in [2.75, 3.05) is 27.2 Å². The SMILES string of the molecule is C.C.CC1=[N+](C)CCN1C.Cc1n(C)cc[n+]1C. The second-order valence-electron chi connectivity index (χ2n) is 4.46. The smallest absolute Gasteiger partial charge is 0.252 e. The summed E-state index contributed by atoms with van der Waals surface area (Å²) in [4.78, 5) is 2.26. The summed E-state index contributed by atoms with van der Waals surface area (Å²) in [6, 6.07) is 0. The van der Waals surface area contributed by atoms with Gasteiger partial charge in [0.05, 0.1) is 28.2 Å². The van der Waals surface area contributed by atoms with E-state index in [4.69, 9.17) is 0 Å². The first-order valence-electron chi connectivity index (χ1n) is 5.67. The lowest BCUT2D eigenvalue weighted by atomic mass is 10.6. The van der Waals surface area contributed by atoms with Crippen LogP contribution in [0.25, 0.3) is 0 Å². The highest BCUT2D eigenvalue weighted by Crippen LogP contribution is 1.93. The van der Waals surface area contributed by atoms with Crippen molar-refractivity contribution >= 4 is 5.84 Å². The number of rotatable bonds is 0. The van der Waals surface area contributed by atoms with Crippen molar-refractivity contribution < 1.29 is 9.14 Å². The summed E-state index contributed by atoms with van der Waals surface area (Å²) in [5.74, 6) is 2.65. The maximum absolute atomic E-state index is 2.26. The molecule has 1 aromatic rings. The van der Waals surface area contributed by atoms with E-state index in [-0.39, 0.29) is 14.9 Å². The Labute approximate surface area is 113 Å². The molecule has 0 amide bonds. The zero-order valence-corrected chi connectivity index (χ0v) is 11.4. The zero-order chi connectivity index (χ0) is 12.3. The molecular formula is C14H32N4+2. The van der Waals surface area contributed by atoms with Crippen molar-refractivity contribution in [3.63, 3.8) is 0 Å². The minimum Gasteiger partial charge on any atom is -0.265 e. The standard InChI is InChI=1S/C6H13N2.C6H11N2.2CH4/c2*1-6-7(2)4-5-8(6)3;;/h4-5H2,1-3H3;4-5H,1-3H3;2*1H4/q2*+1;;. The van der Waals surface area contributed by atoms with Crippen molar-refractivity contribution in [2.45, 2.75) is 28.7 Å². The van der Waals surface area contributed by atoms with Crippen molar-refractivity contribution in [1.82, 2.24) is 9.47 Å². The fourth-order valence-electron chi connectivity index (χ4n) is 1.58. The number of likely N-dealkylation sites (N-methyl/N-ethyl adjacent to an activating group) is 2. The van der Waals surface area contributed by atoms with Gasteiger partial charge in [0.15, 0.2) is 0 Å². The van der Waals surface area contributed by atoms with Crippen molar-refractivity contribution in [2.24, 2.45) is 14.1 Å². The van der Waals surface area contributed by atoms with Gasteiger partial charge in [-0.05, 0) is 0 Å². The van der Waals surface area contributed by atoms with E-state index in [1.165, 1.54) is 24.7 Å². The van der Waals surface area contributed by atoms with E-state index < -0.39 is 0 Å². The van der Waals surface area contributed by atoms with Crippen LogP contribution in [-0.4, -0.2) is 47.1 Å². The Hall–Kier alpha value is -1.32. The van der Waals surface area contributed by atoms with Crippen molar-refractivity contribution in [3.05, 3.63) is 18.2 Å². The third-order valence-corrected chi connectivity index (χ3v) is 3.41.